The summed E-state index contributed by atoms with van der Waals surface area (Å²) in [5.74, 6) is 0.671. The fraction of sp³-hybridized carbons (Fsp3) is 0.600. The van der Waals surface area contributed by atoms with Crippen molar-refractivity contribution in [3.63, 3.8) is 0 Å². The summed E-state index contributed by atoms with van der Waals surface area (Å²) in [6.45, 7) is 2.99. The van der Waals surface area contributed by atoms with Gasteiger partial charge in [0, 0.05) is 18.2 Å². The number of nitrogens with zero attached hydrogens (tertiary/aromatic N) is 2. The Bertz CT molecular complexity index is 577. The van der Waals surface area contributed by atoms with Gasteiger partial charge in [0.2, 0.25) is 5.91 Å². The average molecular weight is 353 g/mol. The van der Waals surface area contributed by atoms with E-state index in [2.05, 4.69) is 43.4 Å². The molecule has 2 fully saturated rings. The van der Waals surface area contributed by atoms with Crippen molar-refractivity contribution in [1.29, 1.82) is 0 Å². The monoisotopic (exact) mass is 352 g/mol. The zero-order valence-electron chi connectivity index (χ0n) is 12.6. The number of fused-ring (bicyclic) bond motifs is 1. The van der Waals surface area contributed by atoms with Crippen molar-refractivity contribution in [3.8, 4) is 0 Å². The molecule has 1 aliphatic heterocycles. The second kappa shape index (κ2) is 5.34. The van der Waals surface area contributed by atoms with Crippen molar-refractivity contribution < 1.29 is 4.79 Å². The van der Waals surface area contributed by atoms with E-state index in [-0.39, 0.29) is 11.9 Å². The van der Waals surface area contributed by atoms with E-state index >= 15 is 0 Å². The summed E-state index contributed by atoms with van der Waals surface area (Å²) in [6, 6.07) is 4.32. The lowest BCUT2D eigenvalue weighted by Crippen LogP contribution is -2.38. The molecule has 2 heterocycles. The van der Waals surface area contributed by atoms with Crippen LogP contribution in [0.1, 0.15) is 25.3 Å². The van der Waals surface area contributed by atoms with E-state index in [1.54, 1.807) is 0 Å². The molecule has 0 bridgehead atoms. The van der Waals surface area contributed by atoms with Crippen LogP contribution in [0.15, 0.2) is 16.7 Å². The van der Waals surface area contributed by atoms with Crippen LogP contribution in [0.4, 0.5) is 5.82 Å². The summed E-state index contributed by atoms with van der Waals surface area (Å²) >= 11 is 3.37. The number of pyridine rings is 1. The number of hydrogen-bond acceptors (Lipinski definition) is 4. The Kier molecular flexibility index (Phi) is 3.80. The Morgan fingerprint density at radius 1 is 1.52 bits per heavy atom. The van der Waals surface area contributed by atoms with Gasteiger partial charge in [0.25, 0.3) is 0 Å². The van der Waals surface area contributed by atoms with E-state index in [1.165, 1.54) is 6.42 Å². The molecule has 1 amide bonds. The average Bonchev–Trinajstić information content (AvgIpc) is 2.90. The molecule has 3 rings (SSSR count). The smallest absolute Gasteiger partial charge is 0.242 e. The van der Waals surface area contributed by atoms with E-state index in [0.717, 1.165) is 23.1 Å². The highest BCUT2D eigenvalue weighted by molar-refractivity contribution is 9.10. The number of amides is 1. The predicted molar refractivity (Wildman–Crippen MR) is 86.0 cm³/mol. The number of anilines is 1. The fourth-order valence-corrected chi connectivity index (χ4v) is 3.38. The zero-order valence-corrected chi connectivity index (χ0v) is 14.2. The summed E-state index contributed by atoms with van der Waals surface area (Å²) in [4.78, 5) is 18.9. The van der Waals surface area contributed by atoms with Crippen molar-refractivity contribution >= 4 is 27.7 Å². The number of piperidine rings is 1. The molecule has 3 atom stereocenters. The lowest BCUT2D eigenvalue weighted by molar-refractivity contribution is -0.118. The van der Waals surface area contributed by atoms with Crippen molar-refractivity contribution in [1.82, 2.24) is 15.2 Å². The van der Waals surface area contributed by atoms with Crippen LogP contribution >= 0.6 is 15.9 Å². The van der Waals surface area contributed by atoms with E-state index in [4.69, 9.17) is 0 Å². The van der Waals surface area contributed by atoms with Crippen LogP contribution in [0.3, 0.4) is 0 Å². The summed E-state index contributed by atoms with van der Waals surface area (Å²) in [7, 11) is 4.00. The van der Waals surface area contributed by atoms with E-state index in [0.29, 0.717) is 17.3 Å². The zero-order chi connectivity index (χ0) is 15.2. The molecule has 2 aliphatic rings. The first kappa shape index (κ1) is 14.9. The number of nitrogens with one attached hydrogen (secondary N) is 2. The van der Waals surface area contributed by atoms with Crippen LogP contribution in [0.5, 0.6) is 0 Å². The maximum atomic E-state index is 12.4. The Hall–Kier alpha value is -0.980. The van der Waals surface area contributed by atoms with Gasteiger partial charge >= 0.3 is 0 Å². The molecule has 0 unspecified atom stereocenters. The van der Waals surface area contributed by atoms with Crippen LogP contribution < -0.4 is 10.6 Å². The molecule has 21 heavy (non-hydrogen) atoms. The number of carbonyl (C=O) groups is 1. The molecule has 6 heteroatoms. The minimum Gasteiger partial charge on any atom is -0.309 e. The number of aromatic nitrogens is 1. The van der Waals surface area contributed by atoms with E-state index in [9.17, 15) is 4.79 Å². The van der Waals surface area contributed by atoms with Crippen molar-refractivity contribution in [3.05, 3.63) is 22.3 Å². The van der Waals surface area contributed by atoms with Gasteiger partial charge in [-0.2, -0.15) is 0 Å². The summed E-state index contributed by atoms with van der Waals surface area (Å²) in [6.07, 6.45) is 2.11. The van der Waals surface area contributed by atoms with Crippen LogP contribution in [0, 0.1) is 5.41 Å². The van der Waals surface area contributed by atoms with Gasteiger partial charge in [-0.3, -0.25) is 4.79 Å². The third-order valence-electron chi connectivity index (χ3n) is 4.41. The number of rotatable bonds is 4. The molecule has 5 nitrogen and oxygen atoms in total. The van der Waals surface area contributed by atoms with E-state index in [1.807, 2.05) is 26.2 Å². The first-order valence-corrected chi connectivity index (χ1v) is 8.04. The summed E-state index contributed by atoms with van der Waals surface area (Å²) < 4.78 is 0.731. The molecule has 2 N–H and O–H groups in total. The van der Waals surface area contributed by atoms with Crippen LogP contribution in [-0.4, -0.2) is 42.0 Å². The molecule has 0 radical (unpaired) electrons. The second-order valence-electron chi connectivity index (χ2n) is 6.70. The van der Waals surface area contributed by atoms with Gasteiger partial charge in [0.15, 0.2) is 0 Å². The largest absolute Gasteiger partial charge is 0.309 e. The SMILES string of the molecule is CN(C)Cc1ccc(Br)nc1NC(=O)[C@@H]1C[C@@]2(C)C[C@H]2N1. The van der Waals surface area contributed by atoms with Gasteiger partial charge in [-0.25, -0.2) is 4.98 Å². The number of halogens is 1. The summed E-state index contributed by atoms with van der Waals surface area (Å²) in [5.41, 5.74) is 1.35. The normalized spacial score (nSPS) is 30.3. The number of carbonyl (C=O) groups excluding carboxylic acids is 1. The van der Waals surface area contributed by atoms with Gasteiger partial charge in [-0.05, 0) is 54.3 Å². The molecule has 1 saturated heterocycles. The van der Waals surface area contributed by atoms with Crippen LogP contribution in [0.2, 0.25) is 0 Å². The lowest BCUT2D eigenvalue weighted by Gasteiger charge is -2.17. The van der Waals surface area contributed by atoms with Gasteiger partial charge in [0.1, 0.15) is 10.4 Å². The molecule has 114 valence electrons. The first-order valence-electron chi connectivity index (χ1n) is 7.24. The molecule has 0 spiro atoms. The molecule has 0 aromatic carbocycles. The molecule has 1 aromatic heterocycles. The Morgan fingerprint density at radius 3 is 2.90 bits per heavy atom. The first-order chi connectivity index (χ1) is 9.87. The van der Waals surface area contributed by atoms with Crippen molar-refractivity contribution in [2.75, 3.05) is 19.4 Å². The molecule has 1 saturated carbocycles. The highest BCUT2D eigenvalue weighted by Gasteiger charge is 2.58. The second-order valence-corrected chi connectivity index (χ2v) is 7.52. The molecule has 1 aliphatic carbocycles. The maximum absolute atomic E-state index is 12.4. The standard InChI is InChI=1S/C15H21BrN4O/c1-15-6-10(17-11(15)7-15)14(21)19-13-9(8-20(2)3)4-5-12(16)18-13/h4-5,10-11,17H,6-8H2,1-3H3,(H,18,19,21)/t10-,11+,15-/m0/s1. The molecule has 1 aromatic rings. The van der Waals surface area contributed by atoms with Crippen LogP contribution in [-0.2, 0) is 11.3 Å². The van der Waals surface area contributed by atoms with Gasteiger partial charge in [-0.1, -0.05) is 13.0 Å². The summed E-state index contributed by atoms with van der Waals surface area (Å²) in [5, 5.41) is 6.39. The van der Waals surface area contributed by atoms with E-state index < -0.39 is 0 Å². The number of hydrogen-bond donors (Lipinski definition) is 2. The van der Waals surface area contributed by atoms with Crippen molar-refractivity contribution in [2.24, 2.45) is 5.41 Å². The van der Waals surface area contributed by atoms with Gasteiger partial charge in [0.05, 0.1) is 6.04 Å². The minimum absolute atomic E-state index is 0.0223. The Labute approximate surface area is 133 Å². The molecular formula is C15H21BrN4O. The predicted octanol–water partition coefficient (Wildman–Crippen LogP) is 1.98. The molecular weight excluding hydrogens is 332 g/mol. The third kappa shape index (κ3) is 3.12. The van der Waals surface area contributed by atoms with Gasteiger partial charge in [-0.15, -0.1) is 0 Å². The Morgan fingerprint density at radius 2 is 2.29 bits per heavy atom. The maximum Gasteiger partial charge on any atom is 0.242 e. The minimum atomic E-state index is -0.0956. The highest BCUT2D eigenvalue weighted by Crippen LogP contribution is 2.53. The van der Waals surface area contributed by atoms with Crippen LogP contribution in [0.25, 0.3) is 0 Å². The van der Waals surface area contributed by atoms with Gasteiger partial charge < -0.3 is 15.5 Å². The lowest BCUT2D eigenvalue weighted by atomic mass is 10.0. The highest BCUT2D eigenvalue weighted by atomic mass is 79.9. The topological polar surface area (TPSA) is 57.3 Å². The van der Waals surface area contributed by atoms with Crippen molar-refractivity contribution in [2.45, 2.75) is 38.4 Å². The third-order valence-corrected chi connectivity index (χ3v) is 4.86. The quantitative estimate of drug-likeness (QED) is 0.813. The fourth-order valence-electron chi connectivity index (χ4n) is 3.07. The Balaban J connectivity index is 1.71.